The molecule has 0 bridgehead atoms. The molecular formula is C34H62BaO8. The van der Waals surface area contributed by atoms with Crippen molar-refractivity contribution >= 4 is 72.8 Å². The van der Waals surface area contributed by atoms with Gasteiger partial charge in [0.25, 0.3) is 0 Å². The SMILES string of the molecule is CCCCCCCCC(C)(OC(=O)CC(=O)[O-])C(C)(C)C.CCCCCCCCC(C)(OC(=O)CC(=O)[O-])C(C)(C)C.[Ba+2]. The van der Waals surface area contributed by atoms with Crippen LogP contribution in [0.2, 0.25) is 0 Å². The summed E-state index contributed by atoms with van der Waals surface area (Å²) in [6.07, 6.45) is 14.2. The van der Waals surface area contributed by atoms with Crippen LogP contribution >= 0.6 is 0 Å². The maximum Gasteiger partial charge on any atom is 2.00 e. The molecule has 43 heavy (non-hydrogen) atoms. The summed E-state index contributed by atoms with van der Waals surface area (Å²) in [6, 6.07) is 0. The molecule has 0 saturated carbocycles. The summed E-state index contributed by atoms with van der Waals surface area (Å²) in [5, 5.41) is 21.0. The van der Waals surface area contributed by atoms with Crippen molar-refractivity contribution in [2.75, 3.05) is 0 Å². The molecule has 0 radical (unpaired) electrons. The number of hydrogen-bond acceptors (Lipinski definition) is 8. The van der Waals surface area contributed by atoms with E-state index in [1.165, 1.54) is 51.4 Å². The molecule has 0 fully saturated rings. The Balaban J connectivity index is -0.000000727. The van der Waals surface area contributed by atoms with Gasteiger partial charge in [0.2, 0.25) is 0 Å². The minimum Gasteiger partial charge on any atom is -0.550 e. The van der Waals surface area contributed by atoms with Gasteiger partial charge in [0.15, 0.2) is 0 Å². The van der Waals surface area contributed by atoms with E-state index in [1.54, 1.807) is 0 Å². The van der Waals surface area contributed by atoms with Crippen molar-refractivity contribution in [1.29, 1.82) is 0 Å². The van der Waals surface area contributed by atoms with Gasteiger partial charge >= 0.3 is 60.8 Å². The van der Waals surface area contributed by atoms with Gasteiger partial charge < -0.3 is 29.3 Å². The molecular weight excluding hydrogens is 674 g/mol. The van der Waals surface area contributed by atoms with Crippen molar-refractivity contribution in [2.45, 2.75) is 183 Å². The van der Waals surface area contributed by atoms with Gasteiger partial charge in [-0.25, -0.2) is 0 Å². The molecule has 8 nitrogen and oxygen atoms in total. The van der Waals surface area contributed by atoms with E-state index in [1.807, 2.05) is 55.4 Å². The van der Waals surface area contributed by atoms with Gasteiger partial charge in [-0.3, -0.25) is 9.59 Å². The van der Waals surface area contributed by atoms with Crippen LogP contribution in [-0.2, 0) is 28.7 Å². The first kappa shape index (κ1) is 46.9. The average Bonchev–Trinajstić information content (AvgIpc) is 2.81. The Morgan fingerprint density at radius 2 is 0.744 bits per heavy atom. The van der Waals surface area contributed by atoms with Crippen LogP contribution in [0, 0.1) is 10.8 Å². The van der Waals surface area contributed by atoms with Gasteiger partial charge in [0, 0.05) is 10.8 Å². The molecule has 0 N–H and O–H groups in total. The monoisotopic (exact) mass is 736 g/mol. The number of carbonyl (C=O) groups excluding carboxylic acids is 4. The predicted octanol–water partition coefficient (Wildman–Crippen LogP) is 6.07. The zero-order valence-electron chi connectivity index (χ0n) is 29.3. The fourth-order valence-corrected chi connectivity index (χ4v) is 4.45. The number of carbonyl (C=O) groups is 4. The van der Waals surface area contributed by atoms with Crippen LogP contribution in [-0.4, -0.2) is 84.0 Å². The summed E-state index contributed by atoms with van der Waals surface area (Å²) >= 11 is 0. The molecule has 0 aromatic carbocycles. The second-order valence-electron chi connectivity index (χ2n) is 14.0. The number of hydrogen-bond donors (Lipinski definition) is 0. The molecule has 0 amide bonds. The third-order valence-corrected chi connectivity index (χ3v) is 8.44. The number of carboxylic acids is 2. The first-order valence-electron chi connectivity index (χ1n) is 16.1. The summed E-state index contributed by atoms with van der Waals surface area (Å²) in [5.74, 6) is -4.21. The maximum atomic E-state index is 11.6. The van der Waals surface area contributed by atoms with E-state index in [2.05, 4.69) is 13.8 Å². The summed E-state index contributed by atoms with van der Waals surface area (Å²) < 4.78 is 11.0. The van der Waals surface area contributed by atoms with E-state index >= 15 is 0 Å². The van der Waals surface area contributed by atoms with Gasteiger partial charge in [0.05, 0.1) is 24.8 Å². The first-order valence-corrected chi connectivity index (χ1v) is 16.1. The molecule has 0 aliphatic rings. The smallest absolute Gasteiger partial charge is 0.550 e. The summed E-state index contributed by atoms with van der Waals surface area (Å²) in [7, 11) is 0. The van der Waals surface area contributed by atoms with Crippen molar-refractivity contribution in [3.05, 3.63) is 0 Å². The second kappa shape index (κ2) is 23.7. The van der Waals surface area contributed by atoms with Gasteiger partial charge in [0.1, 0.15) is 11.2 Å². The van der Waals surface area contributed by atoms with Crippen LogP contribution in [0.5, 0.6) is 0 Å². The van der Waals surface area contributed by atoms with Crippen molar-refractivity contribution in [1.82, 2.24) is 0 Å². The first-order chi connectivity index (χ1) is 19.2. The molecule has 2 atom stereocenters. The van der Waals surface area contributed by atoms with Crippen LogP contribution in [0.4, 0.5) is 0 Å². The zero-order chi connectivity index (χ0) is 33.0. The maximum absolute atomic E-state index is 11.6. The number of aliphatic carboxylic acids is 2. The quantitative estimate of drug-likeness (QED) is 0.0637. The Morgan fingerprint density at radius 3 is 0.977 bits per heavy atom. The number of rotatable bonds is 20. The Labute approximate surface area is 303 Å². The summed E-state index contributed by atoms with van der Waals surface area (Å²) in [5.41, 5.74) is -1.77. The van der Waals surface area contributed by atoms with Gasteiger partial charge in [-0.2, -0.15) is 0 Å². The molecule has 9 heteroatoms. The zero-order valence-corrected chi connectivity index (χ0v) is 33.7. The molecule has 248 valence electrons. The van der Waals surface area contributed by atoms with E-state index in [0.717, 1.165) is 38.5 Å². The van der Waals surface area contributed by atoms with Crippen molar-refractivity contribution in [2.24, 2.45) is 10.8 Å². The molecule has 0 aromatic rings. The van der Waals surface area contributed by atoms with Crippen LogP contribution in [0.15, 0.2) is 0 Å². The second-order valence-corrected chi connectivity index (χ2v) is 14.0. The molecule has 0 heterocycles. The fraction of sp³-hybridized carbons (Fsp3) is 0.882. The molecule has 0 rings (SSSR count). The van der Waals surface area contributed by atoms with Gasteiger partial charge in [-0.1, -0.05) is 120 Å². The summed E-state index contributed by atoms with van der Waals surface area (Å²) in [4.78, 5) is 44.3. The topological polar surface area (TPSA) is 133 Å². The van der Waals surface area contributed by atoms with Crippen molar-refractivity contribution in [3.63, 3.8) is 0 Å². The predicted molar refractivity (Wildman–Crippen MR) is 169 cm³/mol. The average molecular weight is 736 g/mol. The fourth-order valence-electron chi connectivity index (χ4n) is 4.45. The Kier molecular flexibility index (Phi) is 25.9. The van der Waals surface area contributed by atoms with E-state index in [-0.39, 0.29) is 59.7 Å². The van der Waals surface area contributed by atoms with Crippen LogP contribution in [0.25, 0.3) is 0 Å². The number of esters is 2. The molecule has 2 unspecified atom stereocenters. The third-order valence-electron chi connectivity index (χ3n) is 8.44. The van der Waals surface area contributed by atoms with Crippen molar-refractivity contribution in [3.8, 4) is 0 Å². The Morgan fingerprint density at radius 1 is 0.488 bits per heavy atom. The van der Waals surface area contributed by atoms with E-state index in [9.17, 15) is 29.4 Å². The Bertz CT molecular complexity index is 733. The van der Waals surface area contributed by atoms with E-state index < -0.39 is 47.9 Å². The van der Waals surface area contributed by atoms with Crippen molar-refractivity contribution < 1.29 is 38.9 Å². The number of unbranched alkanes of at least 4 members (excludes halogenated alkanes) is 10. The standard InChI is InChI=1S/2C17H32O4.Ba/c2*1-6-7-8-9-10-11-12-17(5,16(2,3)4)21-15(20)13-14(18)19;/h2*6-13H2,1-5H3,(H,18,19);/q;;+2/p-2. The molecule has 0 aliphatic heterocycles. The number of carboxylic acid groups (broad SMARTS) is 2. The van der Waals surface area contributed by atoms with Crippen LogP contribution in [0.3, 0.4) is 0 Å². The van der Waals surface area contributed by atoms with Gasteiger partial charge in [-0.15, -0.1) is 0 Å². The van der Waals surface area contributed by atoms with E-state index in [4.69, 9.17) is 9.47 Å². The number of ether oxygens (including phenoxy) is 2. The third kappa shape index (κ3) is 22.6. The molecule has 0 aromatic heterocycles. The molecule has 0 aliphatic carbocycles. The van der Waals surface area contributed by atoms with E-state index in [0.29, 0.717) is 0 Å². The molecule has 0 saturated heterocycles. The van der Waals surface area contributed by atoms with Gasteiger partial charge in [-0.05, 0) is 39.5 Å². The molecule has 0 spiro atoms. The minimum absolute atomic E-state index is 0. The Hall–Kier alpha value is -0.549. The largest absolute Gasteiger partial charge is 2.00 e. The van der Waals surface area contributed by atoms with Crippen LogP contribution < -0.4 is 10.2 Å². The van der Waals surface area contributed by atoms with Crippen LogP contribution in [0.1, 0.15) is 172 Å². The minimum atomic E-state index is -1.39. The summed E-state index contributed by atoms with van der Waals surface area (Å²) in [6.45, 7) is 20.2. The normalized spacial score (nSPS) is 14.2.